The number of nitrogens with two attached hydrogens (primary N) is 1. The molecule has 2 aromatic heterocycles. The fourth-order valence-electron chi connectivity index (χ4n) is 4.87. The van der Waals surface area contributed by atoms with Crippen molar-refractivity contribution in [2.45, 2.75) is 44.6 Å². The molecule has 0 aliphatic carbocycles. The smallest absolute Gasteiger partial charge is 0.317 e. The minimum atomic E-state index is -0.285. The molecule has 1 fully saturated rings. The summed E-state index contributed by atoms with van der Waals surface area (Å²) in [6.07, 6.45) is 3.35. The highest BCUT2D eigenvalue weighted by atomic mass is 16.5. The van der Waals surface area contributed by atoms with Crippen molar-refractivity contribution in [1.82, 2.24) is 25.2 Å². The summed E-state index contributed by atoms with van der Waals surface area (Å²) < 4.78 is 10.9. The number of nitrogens with one attached hydrogen (secondary N) is 1. The fourth-order valence-corrected chi connectivity index (χ4v) is 4.87. The third kappa shape index (κ3) is 5.63. The number of methoxy groups -OCH3 is 2. The molecule has 0 saturated carbocycles. The normalized spacial score (nSPS) is 15.4. The summed E-state index contributed by atoms with van der Waals surface area (Å²) in [7, 11) is 5.13. The number of piperidine rings is 1. The van der Waals surface area contributed by atoms with Gasteiger partial charge in [0, 0.05) is 61.0 Å². The van der Waals surface area contributed by atoms with E-state index < -0.39 is 0 Å². The SMILES string of the molecule is COc1cc2nc(N(C)CC3(c4ccccn4)CCN(C(=O)NC(C)(C)C)CC3)nc(N)c2cc1OC. The van der Waals surface area contributed by atoms with Crippen molar-refractivity contribution < 1.29 is 14.3 Å². The highest BCUT2D eigenvalue weighted by molar-refractivity contribution is 5.91. The third-order valence-corrected chi connectivity index (χ3v) is 6.80. The fraction of sp³-hybridized carbons (Fsp3) is 0.481. The summed E-state index contributed by atoms with van der Waals surface area (Å²) in [6.45, 7) is 7.85. The van der Waals surface area contributed by atoms with Gasteiger partial charge in [0.25, 0.3) is 0 Å². The predicted octanol–water partition coefficient (Wildman–Crippen LogP) is 3.60. The highest BCUT2D eigenvalue weighted by Crippen LogP contribution is 2.37. The van der Waals surface area contributed by atoms with E-state index in [0.29, 0.717) is 53.8 Å². The van der Waals surface area contributed by atoms with E-state index >= 15 is 0 Å². The topological polar surface area (TPSA) is 119 Å². The van der Waals surface area contributed by atoms with Crippen LogP contribution in [0.2, 0.25) is 0 Å². The number of carbonyl (C=O) groups is 1. The van der Waals surface area contributed by atoms with Gasteiger partial charge in [0.05, 0.1) is 19.7 Å². The Labute approximate surface area is 218 Å². The van der Waals surface area contributed by atoms with Crippen molar-refractivity contribution >= 4 is 28.7 Å². The minimum absolute atomic E-state index is 0.0366. The van der Waals surface area contributed by atoms with Gasteiger partial charge in [0.1, 0.15) is 5.82 Å². The number of amides is 2. The predicted molar refractivity (Wildman–Crippen MR) is 145 cm³/mol. The Morgan fingerprint density at radius 2 is 1.81 bits per heavy atom. The van der Waals surface area contributed by atoms with Crippen molar-refractivity contribution in [3.63, 3.8) is 0 Å². The van der Waals surface area contributed by atoms with Crippen LogP contribution in [0, 0.1) is 0 Å². The molecule has 37 heavy (non-hydrogen) atoms. The quantitative estimate of drug-likeness (QED) is 0.520. The van der Waals surface area contributed by atoms with Crippen molar-refractivity contribution in [2.24, 2.45) is 0 Å². The lowest BCUT2D eigenvalue weighted by Crippen LogP contribution is -2.55. The van der Waals surface area contributed by atoms with Gasteiger partial charge in [-0.25, -0.2) is 9.78 Å². The number of anilines is 2. The number of carbonyl (C=O) groups excluding carboxylic acids is 1. The number of nitrogens with zero attached hydrogens (tertiary/aromatic N) is 5. The van der Waals surface area contributed by atoms with Crippen LogP contribution in [-0.4, -0.2) is 72.3 Å². The van der Waals surface area contributed by atoms with Crippen molar-refractivity contribution in [2.75, 3.05) is 51.5 Å². The van der Waals surface area contributed by atoms with E-state index in [1.54, 1.807) is 20.3 Å². The molecule has 2 amide bonds. The van der Waals surface area contributed by atoms with E-state index in [0.717, 1.165) is 18.5 Å². The summed E-state index contributed by atoms with van der Waals surface area (Å²) in [4.78, 5) is 30.8. The largest absolute Gasteiger partial charge is 0.493 e. The van der Waals surface area contributed by atoms with Crippen LogP contribution in [0.1, 0.15) is 39.3 Å². The molecule has 1 aliphatic heterocycles. The van der Waals surface area contributed by atoms with Gasteiger partial charge in [-0.3, -0.25) is 4.98 Å². The second kappa shape index (κ2) is 10.3. The number of fused-ring (bicyclic) bond motifs is 1. The van der Waals surface area contributed by atoms with E-state index in [-0.39, 0.29) is 17.0 Å². The van der Waals surface area contributed by atoms with Crippen LogP contribution in [-0.2, 0) is 5.41 Å². The minimum Gasteiger partial charge on any atom is -0.493 e. The van der Waals surface area contributed by atoms with Crippen LogP contribution in [0.5, 0.6) is 11.5 Å². The number of likely N-dealkylation sites (N-methyl/N-ethyl adjacent to an activating group) is 1. The maximum Gasteiger partial charge on any atom is 0.317 e. The van der Waals surface area contributed by atoms with Crippen molar-refractivity contribution in [3.8, 4) is 11.5 Å². The molecule has 0 radical (unpaired) electrons. The maximum atomic E-state index is 12.8. The van der Waals surface area contributed by atoms with Gasteiger partial charge in [-0.15, -0.1) is 0 Å². The summed E-state index contributed by atoms with van der Waals surface area (Å²) in [5.74, 6) is 2.03. The molecule has 0 atom stereocenters. The Bertz CT molecular complexity index is 1250. The number of pyridine rings is 1. The first-order valence-electron chi connectivity index (χ1n) is 12.4. The number of aromatic nitrogens is 3. The molecule has 0 bridgehead atoms. The van der Waals surface area contributed by atoms with E-state index in [1.165, 1.54) is 0 Å². The molecule has 1 aliphatic rings. The lowest BCUT2D eigenvalue weighted by molar-refractivity contribution is 0.151. The Balaban J connectivity index is 1.62. The molecule has 3 heterocycles. The second-order valence-corrected chi connectivity index (χ2v) is 10.7. The molecule has 3 N–H and O–H groups in total. The van der Waals surface area contributed by atoms with Gasteiger partial charge in [-0.2, -0.15) is 4.98 Å². The highest BCUT2D eigenvalue weighted by Gasteiger charge is 2.40. The van der Waals surface area contributed by atoms with E-state index in [1.807, 2.05) is 62.0 Å². The Kier molecular flexibility index (Phi) is 7.29. The van der Waals surface area contributed by atoms with Gasteiger partial charge >= 0.3 is 6.03 Å². The molecule has 1 aromatic carbocycles. The number of nitrogen functional groups attached to an aromatic ring is 1. The average molecular weight is 508 g/mol. The standard InChI is InChI=1S/C27H37N7O3/c1-26(2,3)32-25(35)34-13-10-27(11-14-34,22-9-7-8-12-29-22)17-33(4)24-30-19-16-21(37-6)20(36-5)15-18(19)23(28)31-24/h7-9,12,15-16H,10-11,13-14,17H2,1-6H3,(H,32,35)(H2,28,30,31). The number of likely N-dealkylation sites (tertiary alicyclic amines) is 1. The van der Waals surface area contributed by atoms with Crippen molar-refractivity contribution in [1.29, 1.82) is 0 Å². The number of hydrogen-bond donors (Lipinski definition) is 2. The lowest BCUT2D eigenvalue weighted by atomic mass is 9.75. The zero-order valence-electron chi connectivity index (χ0n) is 22.5. The molecule has 0 spiro atoms. The zero-order valence-corrected chi connectivity index (χ0v) is 22.5. The average Bonchev–Trinajstić information content (AvgIpc) is 2.87. The van der Waals surface area contributed by atoms with Crippen molar-refractivity contribution in [3.05, 3.63) is 42.2 Å². The number of hydrogen-bond acceptors (Lipinski definition) is 8. The van der Waals surface area contributed by atoms with Crippen LogP contribution in [0.15, 0.2) is 36.5 Å². The summed E-state index contributed by atoms with van der Waals surface area (Å²) >= 11 is 0. The Morgan fingerprint density at radius 3 is 2.41 bits per heavy atom. The first-order valence-corrected chi connectivity index (χ1v) is 12.4. The Hall–Kier alpha value is -3.82. The monoisotopic (exact) mass is 507 g/mol. The number of ether oxygens (including phenoxy) is 2. The van der Waals surface area contributed by atoms with Crippen LogP contribution in [0.25, 0.3) is 10.9 Å². The molecule has 198 valence electrons. The van der Waals surface area contributed by atoms with Crippen LogP contribution in [0.4, 0.5) is 16.6 Å². The molecule has 3 aromatic rings. The molecule has 0 unspecified atom stereocenters. The number of benzene rings is 1. The lowest BCUT2D eigenvalue weighted by Gasteiger charge is -2.43. The van der Waals surface area contributed by atoms with Gasteiger partial charge < -0.3 is 30.3 Å². The zero-order chi connectivity index (χ0) is 26.8. The molecular weight excluding hydrogens is 470 g/mol. The number of urea groups is 1. The van der Waals surface area contributed by atoms with E-state index in [9.17, 15) is 4.79 Å². The molecule has 4 rings (SSSR count). The molecule has 10 heteroatoms. The van der Waals surface area contributed by atoms with E-state index in [2.05, 4.69) is 16.4 Å². The molecule has 1 saturated heterocycles. The summed E-state index contributed by atoms with van der Waals surface area (Å²) in [5.41, 5.74) is 7.46. The first kappa shape index (κ1) is 26.2. The maximum absolute atomic E-state index is 12.8. The van der Waals surface area contributed by atoms with Gasteiger partial charge in [-0.1, -0.05) is 6.07 Å². The Morgan fingerprint density at radius 1 is 1.14 bits per heavy atom. The third-order valence-electron chi connectivity index (χ3n) is 6.80. The van der Waals surface area contributed by atoms with Gasteiger partial charge in [-0.05, 0) is 51.8 Å². The van der Waals surface area contributed by atoms with Crippen LogP contribution >= 0.6 is 0 Å². The second-order valence-electron chi connectivity index (χ2n) is 10.7. The first-order chi connectivity index (χ1) is 17.5. The molecule has 10 nitrogen and oxygen atoms in total. The van der Waals surface area contributed by atoms with E-state index in [4.69, 9.17) is 25.2 Å². The van der Waals surface area contributed by atoms with Crippen LogP contribution < -0.4 is 25.4 Å². The summed E-state index contributed by atoms with van der Waals surface area (Å²) in [6, 6.07) is 9.55. The summed E-state index contributed by atoms with van der Waals surface area (Å²) in [5, 5.41) is 3.77. The molecular formula is C27H37N7O3. The van der Waals surface area contributed by atoms with Gasteiger partial charge in [0.2, 0.25) is 5.95 Å². The van der Waals surface area contributed by atoms with Gasteiger partial charge in [0.15, 0.2) is 11.5 Å². The number of rotatable bonds is 6. The van der Waals surface area contributed by atoms with Crippen LogP contribution in [0.3, 0.4) is 0 Å².